The fourth-order valence-electron chi connectivity index (χ4n) is 3.52. The van der Waals surface area contributed by atoms with E-state index in [9.17, 15) is 0 Å². The van der Waals surface area contributed by atoms with Gasteiger partial charge in [0.1, 0.15) is 12.1 Å². The van der Waals surface area contributed by atoms with Gasteiger partial charge >= 0.3 is 0 Å². The molecule has 0 amide bonds. The van der Waals surface area contributed by atoms with E-state index in [2.05, 4.69) is 51.1 Å². The number of hydrogen-bond acceptors (Lipinski definition) is 8. The molecule has 3 aromatic rings. The van der Waals surface area contributed by atoms with Crippen molar-refractivity contribution < 1.29 is 4.74 Å². The highest BCUT2D eigenvalue weighted by Gasteiger charge is 2.20. The molecule has 4 rings (SSSR count). The Balaban J connectivity index is 1.70. The van der Waals surface area contributed by atoms with Gasteiger partial charge in [0.25, 0.3) is 0 Å². The van der Waals surface area contributed by atoms with Gasteiger partial charge in [0.15, 0.2) is 22.1 Å². The first-order chi connectivity index (χ1) is 15.1. The number of aromatic nitrogens is 4. The fourth-order valence-corrected chi connectivity index (χ4v) is 5.21. The first kappa shape index (κ1) is 21.8. The molecule has 0 aliphatic carbocycles. The van der Waals surface area contributed by atoms with Crippen LogP contribution >= 0.6 is 23.5 Å². The van der Waals surface area contributed by atoms with Crippen molar-refractivity contribution in [3.63, 3.8) is 0 Å². The Kier molecular flexibility index (Phi) is 6.90. The van der Waals surface area contributed by atoms with Crippen LogP contribution in [0, 0.1) is 11.7 Å². The van der Waals surface area contributed by atoms with E-state index >= 15 is 0 Å². The lowest BCUT2D eigenvalue weighted by Gasteiger charge is -2.19. The molecule has 0 fully saturated rings. The largest absolute Gasteiger partial charge is 0.493 e. The second kappa shape index (κ2) is 9.81. The molecule has 0 bridgehead atoms. The monoisotopic (exact) mass is 454 g/mol. The predicted octanol–water partition coefficient (Wildman–Crippen LogP) is 3.96. The smallest absolute Gasteiger partial charge is 0.175 e. The van der Waals surface area contributed by atoms with Crippen molar-refractivity contribution in [1.29, 1.82) is 0 Å². The van der Waals surface area contributed by atoms with Gasteiger partial charge in [0.05, 0.1) is 6.61 Å². The molecule has 0 saturated carbocycles. The Morgan fingerprint density at radius 3 is 3.00 bits per heavy atom. The van der Waals surface area contributed by atoms with Gasteiger partial charge < -0.3 is 20.4 Å². The zero-order valence-electron chi connectivity index (χ0n) is 17.7. The number of nitrogen functional groups attached to an aromatic ring is 1. The fraction of sp³-hybridized carbons (Fsp3) is 0.409. The van der Waals surface area contributed by atoms with E-state index < -0.39 is 0 Å². The molecule has 0 atom stereocenters. The molecule has 0 radical (unpaired) electrons. The van der Waals surface area contributed by atoms with Crippen LogP contribution in [0.15, 0.2) is 33.4 Å². The molecule has 7 nitrogen and oxygen atoms in total. The average molecular weight is 455 g/mol. The van der Waals surface area contributed by atoms with E-state index in [-0.39, 0.29) is 0 Å². The van der Waals surface area contributed by atoms with Gasteiger partial charge in [-0.05, 0) is 60.5 Å². The van der Waals surface area contributed by atoms with Crippen LogP contribution in [0.4, 0.5) is 5.82 Å². The number of imidazole rings is 1. The first-order valence-electron chi connectivity index (χ1n) is 10.4. The summed E-state index contributed by atoms with van der Waals surface area (Å²) in [6.45, 7) is 6.71. The minimum atomic E-state index is 0.387. The number of rotatable bonds is 8. The lowest BCUT2D eigenvalue weighted by molar-refractivity contribution is 0.287. The van der Waals surface area contributed by atoms with Crippen LogP contribution in [0.3, 0.4) is 0 Å². The maximum absolute atomic E-state index is 6.10. The van der Waals surface area contributed by atoms with Gasteiger partial charge in [-0.15, -0.1) is 6.42 Å². The van der Waals surface area contributed by atoms with E-state index in [0.717, 1.165) is 65.3 Å². The molecule has 3 N–H and O–H groups in total. The van der Waals surface area contributed by atoms with Crippen LogP contribution in [-0.4, -0.2) is 38.7 Å². The highest BCUT2D eigenvalue weighted by atomic mass is 32.2. The van der Waals surface area contributed by atoms with Crippen LogP contribution < -0.4 is 15.8 Å². The minimum absolute atomic E-state index is 0.387. The zero-order valence-corrected chi connectivity index (χ0v) is 19.4. The maximum atomic E-state index is 6.10. The van der Waals surface area contributed by atoms with Crippen LogP contribution in [0.5, 0.6) is 5.75 Å². The number of aryl methyl sites for hydroxylation is 2. The lowest BCUT2D eigenvalue weighted by atomic mass is 10.1. The van der Waals surface area contributed by atoms with Crippen molar-refractivity contribution in [3.8, 4) is 17.4 Å². The van der Waals surface area contributed by atoms with Gasteiger partial charge in [-0.2, -0.15) is 0 Å². The van der Waals surface area contributed by atoms with E-state index in [4.69, 9.17) is 21.9 Å². The molecular weight excluding hydrogens is 428 g/mol. The Hall–Kier alpha value is -2.41. The Morgan fingerprint density at radius 2 is 2.19 bits per heavy atom. The molecule has 3 heterocycles. The van der Waals surface area contributed by atoms with Crippen molar-refractivity contribution >= 4 is 40.5 Å². The van der Waals surface area contributed by atoms with Crippen molar-refractivity contribution in [3.05, 3.63) is 24.0 Å². The van der Waals surface area contributed by atoms with Gasteiger partial charge in [-0.3, -0.25) is 0 Å². The normalized spacial score (nSPS) is 13.2. The quantitative estimate of drug-likeness (QED) is 0.300. The van der Waals surface area contributed by atoms with Crippen LogP contribution in [-0.2, 0) is 13.0 Å². The van der Waals surface area contributed by atoms with Crippen molar-refractivity contribution in [2.45, 2.75) is 60.6 Å². The third kappa shape index (κ3) is 4.92. The van der Waals surface area contributed by atoms with Crippen LogP contribution in [0.1, 0.15) is 32.3 Å². The summed E-state index contributed by atoms with van der Waals surface area (Å²) in [7, 11) is 0. The highest BCUT2D eigenvalue weighted by molar-refractivity contribution is 8.05. The average Bonchev–Trinajstić information content (AvgIpc) is 3.10. The Morgan fingerprint density at radius 1 is 1.32 bits per heavy atom. The number of fused-ring (bicyclic) bond motifs is 2. The molecule has 1 aliphatic rings. The number of anilines is 1. The Labute approximate surface area is 191 Å². The summed E-state index contributed by atoms with van der Waals surface area (Å²) in [5.74, 6) is 1.32. The van der Waals surface area contributed by atoms with E-state index in [1.807, 2.05) is 0 Å². The standard InChI is InChI=1S/C22H26N6OS2/c1-4-30-17-11-15-7-5-10-29-16(15)12-18(17)31-22-27-19-20(23)25-13-26-21(19)28(22)9-6-8-24-14(2)3/h1,11-14,24H,5-10H2,2-3H3,(H2,23,25,26). The molecule has 1 aromatic carbocycles. The number of nitrogens with one attached hydrogen (secondary N) is 1. The summed E-state index contributed by atoms with van der Waals surface area (Å²) in [5.41, 5.74) is 8.68. The summed E-state index contributed by atoms with van der Waals surface area (Å²) >= 11 is 2.95. The van der Waals surface area contributed by atoms with Crippen LogP contribution in [0.25, 0.3) is 11.2 Å². The summed E-state index contributed by atoms with van der Waals surface area (Å²) < 4.78 is 8.01. The van der Waals surface area contributed by atoms with Crippen molar-refractivity contribution in [2.24, 2.45) is 0 Å². The number of thioether (sulfide) groups is 1. The summed E-state index contributed by atoms with van der Waals surface area (Å²) in [4.78, 5) is 15.4. The van der Waals surface area contributed by atoms with Crippen molar-refractivity contribution in [1.82, 2.24) is 24.8 Å². The summed E-state index contributed by atoms with van der Waals surface area (Å²) in [6.07, 6.45) is 10.1. The SMILES string of the molecule is C#CSc1cc2c(cc1Sc1nc3c(N)ncnc3n1CCCNC(C)C)OCCC2. The van der Waals surface area contributed by atoms with Gasteiger partial charge in [0.2, 0.25) is 0 Å². The summed E-state index contributed by atoms with van der Waals surface area (Å²) in [6, 6.07) is 4.68. The number of nitrogens with zero attached hydrogens (tertiary/aromatic N) is 4. The second-order valence-corrected chi connectivity index (χ2v) is 9.51. The third-order valence-corrected chi connectivity index (χ3v) is 6.84. The van der Waals surface area contributed by atoms with Gasteiger partial charge in [-0.1, -0.05) is 25.6 Å². The molecule has 0 unspecified atom stereocenters. The molecule has 1 aliphatic heterocycles. The number of terminal acetylenes is 1. The van der Waals surface area contributed by atoms with E-state index in [0.29, 0.717) is 17.4 Å². The predicted molar refractivity (Wildman–Crippen MR) is 127 cm³/mol. The van der Waals surface area contributed by atoms with E-state index in [1.165, 1.54) is 23.7 Å². The molecule has 31 heavy (non-hydrogen) atoms. The van der Waals surface area contributed by atoms with Crippen LogP contribution in [0.2, 0.25) is 0 Å². The Bertz CT molecular complexity index is 1120. The molecule has 2 aromatic heterocycles. The third-order valence-electron chi connectivity index (χ3n) is 4.98. The number of nitrogens with two attached hydrogens (primary N) is 1. The van der Waals surface area contributed by atoms with Crippen molar-refractivity contribution in [2.75, 3.05) is 18.9 Å². The topological polar surface area (TPSA) is 90.9 Å². The highest BCUT2D eigenvalue weighted by Crippen LogP contribution is 2.41. The maximum Gasteiger partial charge on any atom is 0.175 e. The molecular formula is C22H26N6OS2. The number of ether oxygens (including phenoxy) is 1. The molecule has 9 heteroatoms. The molecule has 0 saturated heterocycles. The minimum Gasteiger partial charge on any atom is -0.493 e. The van der Waals surface area contributed by atoms with Gasteiger partial charge in [0, 0.05) is 22.4 Å². The van der Waals surface area contributed by atoms with E-state index in [1.54, 1.807) is 11.8 Å². The number of hydrogen-bond donors (Lipinski definition) is 2. The zero-order chi connectivity index (χ0) is 21.8. The lowest BCUT2D eigenvalue weighted by Crippen LogP contribution is -2.24. The molecule has 0 spiro atoms. The number of benzene rings is 1. The molecule has 162 valence electrons. The summed E-state index contributed by atoms with van der Waals surface area (Å²) in [5, 5.41) is 6.98. The second-order valence-electron chi connectivity index (χ2n) is 7.62. The first-order valence-corrected chi connectivity index (χ1v) is 12.0. The van der Waals surface area contributed by atoms with Gasteiger partial charge in [-0.25, -0.2) is 15.0 Å².